The third-order valence-electron chi connectivity index (χ3n) is 7.29. The van der Waals surface area contributed by atoms with Crippen molar-refractivity contribution in [3.8, 4) is 11.1 Å². The molecule has 0 radical (unpaired) electrons. The van der Waals surface area contributed by atoms with E-state index >= 15 is 0 Å². The first-order valence-electron chi connectivity index (χ1n) is 12.6. The van der Waals surface area contributed by atoms with Crippen LogP contribution in [0.5, 0.6) is 0 Å². The number of unbranched alkanes of at least 4 members (excludes halogenated alkanes) is 1. The van der Waals surface area contributed by atoms with Gasteiger partial charge in [-0.05, 0) is 48.4 Å². The second kappa shape index (κ2) is 10.9. The van der Waals surface area contributed by atoms with Gasteiger partial charge in [0.2, 0.25) is 5.91 Å². The third-order valence-corrected chi connectivity index (χ3v) is 7.29. The van der Waals surface area contributed by atoms with Gasteiger partial charge in [0.1, 0.15) is 12.6 Å². The highest BCUT2D eigenvalue weighted by Gasteiger charge is 2.36. The number of nitrogens with zero attached hydrogens (tertiary/aromatic N) is 1. The lowest BCUT2D eigenvalue weighted by Crippen LogP contribution is -2.55. The maximum atomic E-state index is 13.4. The lowest BCUT2D eigenvalue weighted by Gasteiger charge is -2.38. The van der Waals surface area contributed by atoms with Gasteiger partial charge in [0.05, 0.1) is 5.92 Å². The van der Waals surface area contributed by atoms with E-state index in [1.807, 2.05) is 38.1 Å². The molecule has 1 fully saturated rings. The smallest absolute Gasteiger partial charge is 0.407 e. The minimum Gasteiger partial charge on any atom is -0.481 e. The molecule has 35 heavy (non-hydrogen) atoms. The van der Waals surface area contributed by atoms with E-state index in [2.05, 4.69) is 29.6 Å². The van der Waals surface area contributed by atoms with Gasteiger partial charge in [-0.2, -0.15) is 0 Å². The highest BCUT2D eigenvalue weighted by molar-refractivity contribution is 5.86. The Labute approximate surface area is 206 Å². The van der Waals surface area contributed by atoms with Crippen LogP contribution in [0, 0.1) is 5.92 Å². The van der Waals surface area contributed by atoms with Crippen LogP contribution in [0.4, 0.5) is 4.79 Å². The summed E-state index contributed by atoms with van der Waals surface area (Å²) in [5.41, 5.74) is 4.56. The molecule has 1 aliphatic carbocycles. The number of carboxylic acids is 1. The summed E-state index contributed by atoms with van der Waals surface area (Å²) < 4.78 is 5.66. The lowest BCUT2D eigenvalue weighted by molar-refractivity contribution is -0.148. The van der Waals surface area contributed by atoms with Crippen molar-refractivity contribution in [1.29, 1.82) is 0 Å². The molecule has 2 aromatic rings. The topological polar surface area (TPSA) is 95.9 Å². The maximum Gasteiger partial charge on any atom is 0.407 e. The van der Waals surface area contributed by atoms with Crippen LogP contribution < -0.4 is 5.32 Å². The van der Waals surface area contributed by atoms with Crippen molar-refractivity contribution in [1.82, 2.24) is 10.2 Å². The Balaban J connectivity index is 1.43. The Morgan fingerprint density at radius 3 is 2.29 bits per heavy atom. The first kappa shape index (κ1) is 24.8. The fourth-order valence-corrected chi connectivity index (χ4v) is 5.26. The van der Waals surface area contributed by atoms with E-state index in [0.717, 1.165) is 35.1 Å². The number of nitrogens with one attached hydrogen (secondary N) is 1. The van der Waals surface area contributed by atoms with Crippen molar-refractivity contribution in [3.63, 3.8) is 0 Å². The Kier molecular flexibility index (Phi) is 7.73. The number of fused-ring (bicyclic) bond motifs is 3. The zero-order valence-electron chi connectivity index (χ0n) is 20.4. The Morgan fingerprint density at radius 1 is 1.06 bits per heavy atom. The van der Waals surface area contributed by atoms with E-state index in [4.69, 9.17) is 4.74 Å². The molecule has 0 bridgehead atoms. The average molecular weight is 479 g/mol. The van der Waals surface area contributed by atoms with Crippen molar-refractivity contribution in [3.05, 3.63) is 59.7 Å². The van der Waals surface area contributed by atoms with E-state index in [-0.39, 0.29) is 31.0 Å². The number of piperidine rings is 1. The summed E-state index contributed by atoms with van der Waals surface area (Å²) >= 11 is 0. The second-order valence-electron chi connectivity index (χ2n) is 9.62. The van der Waals surface area contributed by atoms with Crippen molar-refractivity contribution >= 4 is 18.0 Å². The number of rotatable bonds is 8. The molecule has 2 amide bonds. The molecule has 3 atom stereocenters. The number of carbonyl (C=O) groups excluding carboxylic acids is 2. The van der Waals surface area contributed by atoms with E-state index in [9.17, 15) is 19.5 Å². The van der Waals surface area contributed by atoms with Crippen LogP contribution in [-0.4, -0.2) is 53.2 Å². The van der Waals surface area contributed by atoms with Gasteiger partial charge in [0.15, 0.2) is 0 Å². The largest absolute Gasteiger partial charge is 0.481 e. The number of carbonyl (C=O) groups is 3. The van der Waals surface area contributed by atoms with Gasteiger partial charge in [-0.3, -0.25) is 9.59 Å². The van der Waals surface area contributed by atoms with Gasteiger partial charge in [-0.25, -0.2) is 4.79 Å². The summed E-state index contributed by atoms with van der Waals surface area (Å²) in [6, 6.07) is 15.5. The number of likely N-dealkylation sites (tertiary alicyclic amines) is 1. The molecule has 186 valence electrons. The minimum atomic E-state index is -0.885. The summed E-state index contributed by atoms with van der Waals surface area (Å²) in [5.74, 6) is -1.75. The Bertz CT molecular complexity index is 1040. The number of alkyl carbamates (subject to hydrolysis) is 1. The van der Waals surface area contributed by atoms with Crippen molar-refractivity contribution in [2.75, 3.05) is 13.2 Å². The molecule has 1 aliphatic heterocycles. The first-order chi connectivity index (χ1) is 16.9. The summed E-state index contributed by atoms with van der Waals surface area (Å²) in [6.07, 6.45) is 2.70. The summed E-state index contributed by atoms with van der Waals surface area (Å²) in [4.78, 5) is 39.3. The first-order valence-corrected chi connectivity index (χ1v) is 12.6. The van der Waals surface area contributed by atoms with Crippen LogP contribution >= 0.6 is 0 Å². The number of benzene rings is 2. The van der Waals surface area contributed by atoms with Gasteiger partial charge in [-0.1, -0.05) is 68.3 Å². The fraction of sp³-hybridized carbons (Fsp3) is 0.464. The molecule has 1 saturated heterocycles. The summed E-state index contributed by atoms with van der Waals surface area (Å²) in [7, 11) is 0. The zero-order chi connectivity index (χ0) is 24.9. The molecule has 4 rings (SSSR count). The highest BCUT2D eigenvalue weighted by atomic mass is 16.5. The molecule has 7 nitrogen and oxygen atoms in total. The molecule has 1 heterocycles. The van der Waals surface area contributed by atoms with Crippen LogP contribution in [0.2, 0.25) is 0 Å². The SMILES string of the molecule is CCCCC(NC(=O)OCC1c2ccccc2-c2ccccc21)C(=O)N1CC(C(=O)O)CCC1C. The second-order valence-corrected chi connectivity index (χ2v) is 9.62. The fourth-order valence-electron chi connectivity index (χ4n) is 5.26. The van der Waals surface area contributed by atoms with Gasteiger partial charge >= 0.3 is 12.1 Å². The van der Waals surface area contributed by atoms with Crippen molar-refractivity contribution in [2.45, 2.75) is 64.0 Å². The van der Waals surface area contributed by atoms with Crippen LogP contribution in [-0.2, 0) is 14.3 Å². The molecular weight excluding hydrogens is 444 g/mol. The number of amides is 2. The normalized spacial score (nSPS) is 20.0. The average Bonchev–Trinajstić information content (AvgIpc) is 3.18. The van der Waals surface area contributed by atoms with Crippen molar-refractivity contribution in [2.24, 2.45) is 5.92 Å². The molecule has 0 aromatic heterocycles. The molecule has 0 spiro atoms. The highest BCUT2D eigenvalue weighted by Crippen LogP contribution is 2.44. The molecule has 3 unspecified atom stereocenters. The molecule has 2 aliphatic rings. The Morgan fingerprint density at radius 2 is 1.69 bits per heavy atom. The van der Waals surface area contributed by atoms with Crippen LogP contribution in [0.1, 0.15) is 63.0 Å². The van der Waals surface area contributed by atoms with E-state index < -0.39 is 24.0 Å². The van der Waals surface area contributed by atoms with E-state index in [1.165, 1.54) is 0 Å². The molecule has 2 N–H and O–H groups in total. The monoisotopic (exact) mass is 478 g/mol. The summed E-state index contributed by atoms with van der Waals surface area (Å²) in [6.45, 7) is 4.30. The third kappa shape index (κ3) is 5.34. The number of aliphatic carboxylic acids is 1. The van der Waals surface area contributed by atoms with Crippen LogP contribution in [0.3, 0.4) is 0 Å². The number of hydrogen-bond donors (Lipinski definition) is 2. The molecular formula is C28H34N2O5. The van der Waals surface area contributed by atoms with Crippen molar-refractivity contribution < 1.29 is 24.2 Å². The number of hydrogen-bond acceptors (Lipinski definition) is 4. The molecule has 2 aromatic carbocycles. The molecule has 7 heteroatoms. The van der Waals surface area contributed by atoms with E-state index in [1.54, 1.807) is 4.90 Å². The summed E-state index contributed by atoms with van der Waals surface area (Å²) in [5, 5.41) is 12.2. The predicted molar refractivity (Wildman–Crippen MR) is 133 cm³/mol. The number of carboxylic acid groups (broad SMARTS) is 1. The van der Waals surface area contributed by atoms with Gasteiger partial charge in [-0.15, -0.1) is 0 Å². The maximum absolute atomic E-state index is 13.4. The quantitative estimate of drug-likeness (QED) is 0.568. The Hall–Kier alpha value is -3.35. The van der Waals surface area contributed by atoms with Gasteiger partial charge in [0, 0.05) is 18.5 Å². The lowest BCUT2D eigenvalue weighted by atomic mass is 9.92. The van der Waals surface area contributed by atoms with Crippen LogP contribution in [0.15, 0.2) is 48.5 Å². The van der Waals surface area contributed by atoms with Crippen LogP contribution in [0.25, 0.3) is 11.1 Å². The van der Waals surface area contributed by atoms with Gasteiger partial charge < -0.3 is 20.1 Å². The minimum absolute atomic E-state index is 0.0589. The standard InChI is InChI=1S/C28H34N2O5/c1-3-4-13-25(26(31)30-16-19(27(32)33)15-14-18(30)2)29-28(34)35-17-24-22-11-7-5-9-20(22)21-10-6-8-12-23(21)24/h5-12,18-19,24-25H,3-4,13-17H2,1-2H3,(H,29,34)(H,32,33). The zero-order valence-corrected chi connectivity index (χ0v) is 20.4. The predicted octanol–water partition coefficient (Wildman–Crippen LogP) is 4.80. The van der Waals surface area contributed by atoms with E-state index in [0.29, 0.717) is 19.3 Å². The number of ether oxygens (including phenoxy) is 1. The molecule has 0 saturated carbocycles. The van der Waals surface area contributed by atoms with Gasteiger partial charge in [0.25, 0.3) is 0 Å².